The minimum Gasteiger partial charge on any atom is -0.507 e. The number of hydrogen-bond donors (Lipinski definition) is 3. The van der Waals surface area contributed by atoms with Gasteiger partial charge in [0, 0.05) is 36.7 Å². The number of nitrogens with zero attached hydrogens (tertiary/aromatic N) is 1. The van der Waals surface area contributed by atoms with Crippen molar-refractivity contribution in [2.75, 3.05) is 13.1 Å². The molecule has 2 aromatic rings. The van der Waals surface area contributed by atoms with Crippen molar-refractivity contribution < 1.29 is 19.5 Å². The molecule has 0 unspecified atom stereocenters. The molecule has 0 bridgehead atoms. The second kappa shape index (κ2) is 10.1. The zero-order valence-electron chi connectivity index (χ0n) is 16.6. The smallest absolute Gasteiger partial charge is 0.314 e. The van der Waals surface area contributed by atoms with Crippen LogP contribution in [0.2, 0.25) is 0 Å². The Bertz CT molecular complexity index is 930. The highest BCUT2D eigenvalue weighted by Gasteiger charge is 2.21. The normalized spacial score (nSPS) is 16.2. The molecule has 7 nitrogen and oxygen atoms in total. The maximum Gasteiger partial charge on any atom is 0.314 e. The third-order valence-corrected chi connectivity index (χ3v) is 4.99. The van der Waals surface area contributed by atoms with Gasteiger partial charge in [0.25, 0.3) is 5.91 Å². The Balaban J connectivity index is 0.00000320. The molecule has 3 rings (SSSR count). The lowest BCUT2D eigenvalue weighted by molar-refractivity contribution is 0.0939. The van der Waals surface area contributed by atoms with E-state index >= 15 is 0 Å². The number of urea groups is 1. The molecular weight excluding hydrogens is 406 g/mol. The Kier molecular flexibility index (Phi) is 7.83. The maximum absolute atomic E-state index is 12.6. The van der Waals surface area contributed by atoms with Gasteiger partial charge in [-0.3, -0.25) is 9.59 Å². The average Bonchev–Trinajstić information content (AvgIpc) is 2.95. The van der Waals surface area contributed by atoms with E-state index in [1.165, 1.54) is 11.0 Å². The summed E-state index contributed by atoms with van der Waals surface area (Å²) in [6.07, 6.45) is 3.34. The summed E-state index contributed by atoms with van der Waals surface area (Å²) in [4.78, 5) is 38.0. The predicted molar refractivity (Wildman–Crippen MR) is 116 cm³/mol. The molecular formula is C22H25ClN3O4. The molecule has 4 N–H and O–H groups in total. The first-order valence-electron chi connectivity index (χ1n) is 9.48. The molecule has 1 heterocycles. The van der Waals surface area contributed by atoms with Crippen molar-refractivity contribution in [2.24, 2.45) is 5.73 Å². The standard InChI is InChI=1S/C22H24N3O4.ClH/c1-14-4-9-19(26)18(13-14)20(27)15-5-7-16(8-6-15)21(28)24-17-3-2-11-25(12-10-17)22(23)29;/h4-10,13,17,26H,2-3,11-12H2,1H3,(H2,23,29)(H,24,28);1H/t17-;/m0./s1. The number of rotatable bonds is 4. The van der Waals surface area contributed by atoms with Crippen LogP contribution in [-0.2, 0) is 0 Å². The van der Waals surface area contributed by atoms with E-state index in [2.05, 4.69) is 5.32 Å². The zero-order valence-corrected chi connectivity index (χ0v) is 17.4. The predicted octanol–water partition coefficient (Wildman–Crippen LogP) is 2.83. The van der Waals surface area contributed by atoms with Gasteiger partial charge < -0.3 is 21.1 Å². The Morgan fingerprint density at radius 2 is 1.77 bits per heavy atom. The minimum absolute atomic E-state index is 0. The van der Waals surface area contributed by atoms with Crippen LogP contribution in [0.25, 0.3) is 0 Å². The summed E-state index contributed by atoms with van der Waals surface area (Å²) < 4.78 is 0. The lowest BCUT2D eigenvalue weighted by Crippen LogP contribution is -2.39. The number of aryl methyl sites for hydroxylation is 1. The molecule has 0 saturated carbocycles. The highest BCUT2D eigenvalue weighted by molar-refractivity contribution is 6.11. The van der Waals surface area contributed by atoms with Crippen LogP contribution < -0.4 is 11.1 Å². The second-order valence-electron chi connectivity index (χ2n) is 7.17. The van der Waals surface area contributed by atoms with Gasteiger partial charge >= 0.3 is 6.03 Å². The summed E-state index contributed by atoms with van der Waals surface area (Å²) >= 11 is 0. The van der Waals surface area contributed by atoms with E-state index < -0.39 is 6.03 Å². The molecule has 30 heavy (non-hydrogen) atoms. The van der Waals surface area contributed by atoms with E-state index in [0.717, 1.165) is 18.4 Å². The Labute approximate surface area is 181 Å². The van der Waals surface area contributed by atoms with Crippen molar-refractivity contribution in [3.05, 3.63) is 71.1 Å². The molecule has 2 aromatic carbocycles. The van der Waals surface area contributed by atoms with Crippen LogP contribution >= 0.6 is 12.4 Å². The number of likely N-dealkylation sites (tertiary alicyclic amines) is 1. The first-order valence-corrected chi connectivity index (χ1v) is 9.48. The van der Waals surface area contributed by atoms with Gasteiger partial charge in [0.15, 0.2) is 5.78 Å². The number of hydrogen-bond acceptors (Lipinski definition) is 4. The minimum atomic E-state index is -0.465. The SMILES string of the molecule is Cc1ccc(O)c(C(=O)c2ccc(C(=O)N[C@@H]3[CH]CN(C(N)=O)CCC3)cc2)c1.Cl. The van der Waals surface area contributed by atoms with Crippen LogP contribution in [0.4, 0.5) is 4.79 Å². The van der Waals surface area contributed by atoms with Crippen molar-refractivity contribution in [1.29, 1.82) is 0 Å². The fourth-order valence-electron chi connectivity index (χ4n) is 3.31. The number of primary amides is 1. The lowest BCUT2D eigenvalue weighted by atomic mass is 9.99. The molecule has 8 heteroatoms. The fourth-order valence-corrected chi connectivity index (χ4v) is 3.31. The van der Waals surface area contributed by atoms with Crippen LogP contribution in [-0.4, -0.2) is 46.9 Å². The van der Waals surface area contributed by atoms with Gasteiger partial charge in [0.2, 0.25) is 0 Å². The number of nitrogens with two attached hydrogens (primary N) is 1. The van der Waals surface area contributed by atoms with Crippen molar-refractivity contribution in [1.82, 2.24) is 10.2 Å². The van der Waals surface area contributed by atoms with Gasteiger partial charge in [0.05, 0.1) is 5.56 Å². The number of amides is 3. The quantitative estimate of drug-likeness (QED) is 0.647. The van der Waals surface area contributed by atoms with Crippen LogP contribution in [0.1, 0.15) is 44.7 Å². The van der Waals surface area contributed by atoms with Gasteiger partial charge in [0.1, 0.15) is 5.75 Å². The number of phenolic OH excluding ortho intramolecular Hbond substituents is 1. The number of phenols is 1. The molecule has 1 aliphatic rings. The number of carbonyl (C=O) groups is 3. The summed E-state index contributed by atoms with van der Waals surface area (Å²) in [5, 5.41) is 12.9. The first kappa shape index (κ1) is 23.2. The van der Waals surface area contributed by atoms with Crippen molar-refractivity contribution >= 4 is 30.1 Å². The molecule has 1 aliphatic heterocycles. The molecule has 0 spiro atoms. The van der Waals surface area contributed by atoms with Crippen molar-refractivity contribution in [3.8, 4) is 5.75 Å². The van der Waals surface area contributed by atoms with Crippen LogP contribution in [0.15, 0.2) is 42.5 Å². The number of nitrogens with one attached hydrogen (secondary N) is 1. The summed E-state index contributed by atoms with van der Waals surface area (Å²) in [5.41, 5.74) is 7.23. The Morgan fingerprint density at radius 1 is 1.10 bits per heavy atom. The number of ketones is 1. The zero-order chi connectivity index (χ0) is 21.0. The van der Waals surface area contributed by atoms with E-state index in [0.29, 0.717) is 24.2 Å². The van der Waals surface area contributed by atoms with E-state index in [4.69, 9.17) is 5.73 Å². The highest BCUT2D eigenvalue weighted by atomic mass is 35.5. The second-order valence-corrected chi connectivity index (χ2v) is 7.17. The monoisotopic (exact) mass is 430 g/mol. The summed E-state index contributed by atoms with van der Waals surface area (Å²) in [6.45, 7) is 2.81. The molecule has 1 fully saturated rings. The van der Waals surface area contributed by atoms with E-state index in [9.17, 15) is 19.5 Å². The van der Waals surface area contributed by atoms with E-state index in [1.807, 2.05) is 13.3 Å². The van der Waals surface area contributed by atoms with Crippen molar-refractivity contribution in [2.45, 2.75) is 25.8 Å². The summed E-state index contributed by atoms with van der Waals surface area (Å²) in [7, 11) is 0. The molecule has 3 amide bonds. The number of halogens is 1. The molecule has 159 valence electrons. The van der Waals surface area contributed by atoms with E-state index in [-0.39, 0.29) is 41.5 Å². The summed E-state index contributed by atoms with van der Waals surface area (Å²) in [5.74, 6) is -0.630. The van der Waals surface area contributed by atoms with Gasteiger partial charge in [-0.25, -0.2) is 4.79 Å². The lowest BCUT2D eigenvalue weighted by Gasteiger charge is -2.18. The maximum atomic E-state index is 12.6. The molecule has 1 radical (unpaired) electrons. The van der Waals surface area contributed by atoms with Gasteiger partial charge in [-0.05, 0) is 44.0 Å². The summed E-state index contributed by atoms with van der Waals surface area (Å²) in [6, 6.07) is 10.6. The number of benzene rings is 2. The third kappa shape index (κ3) is 5.51. The number of aromatic hydroxyl groups is 1. The molecule has 1 atom stereocenters. The van der Waals surface area contributed by atoms with Crippen LogP contribution in [0.3, 0.4) is 0 Å². The average molecular weight is 431 g/mol. The van der Waals surface area contributed by atoms with Gasteiger partial charge in [-0.15, -0.1) is 12.4 Å². The molecule has 1 saturated heterocycles. The molecule has 0 aromatic heterocycles. The number of carbonyl (C=O) groups excluding carboxylic acids is 3. The van der Waals surface area contributed by atoms with Gasteiger partial charge in [-0.2, -0.15) is 0 Å². The third-order valence-electron chi connectivity index (χ3n) is 4.99. The van der Waals surface area contributed by atoms with Gasteiger partial charge in [-0.1, -0.05) is 23.8 Å². The fraction of sp³-hybridized carbons (Fsp3) is 0.273. The largest absolute Gasteiger partial charge is 0.507 e. The Morgan fingerprint density at radius 3 is 2.43 bits per heavy atom. The topological polar surface area (TPSA) is 113 Å². The van der Waals surface area contributed by atoms with Crippen LogP contribution in [0, 0.1) is 13.3 Å². The first-order chi connectivity index (χ1) is 13.8. The van der Waals surface area contributed by atoms with Crippen LogP contribution in [0.5, 0.6) is 5.75 Å². The van der Waals surface area contributed by atoms with E-state index in [1.54, 1.807) is 36.4 Å². The Hall–Kier alpha value is -3.06. The highest BCUT2D eigenvalue weighted by Crippen LogP contribution is 2.22. The van der Waals surface area contributed by atoms with Crippen molar-refractivity contribution in [3.63, 3.8) is 0 Å². The molecule has 0 aliphatic carbocycles.